The summed E-state index contributed by atoms with van der Waals surface area (Å²) in [5.74, 6) is -2.98. The Bertz CT molecular complexity index is 658. The van der Waals surface area contributed by atoms with Crippen molar-refractivity contribution in [2.24, 2.45) is 5.41 Å². The summed E-state index contributed by atoms with van der Waals surface area (Å²) >= 11 is 0. The van der Waals surface area contributed by atoms with Gasteiger partial charge in [0.1, 0.15) is 11.9 Å². The van der Waals surface area contributed by atoms with Crippen molar-refractivity contribution in [2.45, 2.75) is 18.9 Å². The van der Waals surface area contributed by atoms with Gasteiger partial charge in [-0.2, -0.15) is 0 Å². The number of carboxylic acid groups (broad SMARTS) is 2. The fraction of sp³-hybridized carbons (Fsp3) is 0.308. The molecule has 0 aliphatic heterocycles. The summed E-state index contributed by atoms with van der Waals surface area (Å²) in [4.78, 5) is 43.3. The average molecular weight is 552 g/mol. The summed E-state index contributed by atoms with van der Waals surface area (Å²) in [7, 11) is 0. The van der Waals surface area contributed by atoms with Crippen LogP contribution in [-0.2, 0) is 35.4 Å². The van der Waals surface area contributed by atoms with Crippen LogP contribution in [0.2, 0.25) is 0 Å². The van der Waals surface area contributed by atoms with Gasteiger partial charge in [-0.15, -0.1) is 0 Å². The van der Waals surface area contributed by atoms with Crippen LogP contribution in [0, 0.1) is 15.5 Å². The van der Waals surface area contributed by atoms with Gasteiger partial charge >= 0.3 is 39.2 Å². The third-order valence-corrected chi connectivity index (χ3v) is 3.48. The molecular formula is C13H15N3O9Pt. The van der Waals surface area contributed by atoms with Gasteiger partial charge in [0, 0.05) is 25.0 Å². The van der Waals surface area contributed by atoms with Gasteiger partial charge in [0.05, 0.1) is 4.92 Å². The number of carboxylic acids is 2. The number of carbonyl (C=O) groups excluding carboxylic acids is 1. The minimum atomic E-state index is -1.95. The van der Waals surface area contributed by atoms with Crippen molar-refractivity contribution < 1.29 is 60.1 Å². The molecule has 6 N–H and O–H groups in total. The zero-order valence-electron chi connectivity index (χ0n) is 13.0. The molecule has 0 saturated heterocycles. The van der Waals surface area contributed by atoms with E-state index >= 15 is 0 Å². The number of aliphatic carboxylic acids is 2. The van der Waals surface area contributed by atoms with Gasteiger partial charge in [0.15, 0.2) is 5.41 Å². The van der Waals surface area contributed by atoms with E-state index in [9.17, 15) is 24.5 Å². The number of rotatable bonds is 5. The summed E-state index contributed by atoms with van der Waals surface area (Å²) in [6, 6.07) is 4.65. The Labute approximate surface area is 161 Å². The third-order valence-electron chi connectivity index (χ3n) is 3.48. The van der Waals surface area contributed by atoms with E-state index in [1.54, 1.807) is 0 Å². The van der Waals surface area contributed by atoms with E-state index in [4.69, 9.17) is 19.7 Å². The number of ether oxygens (including phenoxy) is 2. The number of nitrogens with zero attached hydrogens (tertiary/aromatic N) is 1. The molecule has 1 aliphatic carbocycles. The number of nitrogens with two attached hydrogens (primary N) is 2. The molecule has 1 saturated carbocycles. The molecule has 0 spiro atoms. The summed E-state index contributed by atoms with van der Waals surface area (Å²) in [6.07, 6.45) is -2.74. The zero-order valence-corrected chi connectivity index (χ0v) is 15.2. The van der Waals surface area contributed by atoms with Crippen LogP contribution < -0.4 is 4.74 Å². The molecular weight excluding hydrogens is 537 g/mol. The van der Waals surface area contributed by atoms with Crippen LogP contribution in [-0.4, -0.2) is 39.3 Å². The molecule has 12 nitrogen and oxygen atoms in total. The third kappa shape index (κ3) is 5.22. The van der Waals surface area contributed by atoms with Crippen molar-refractivity contribution in [3.8, 4) is 5.75 Å². The molecule has 1 fully saturated rings. The molecule has 0 radical (unpaired) electrons. The van der Waals surface area contributed by atoms with Crippen molar-refractivity contribution in [1.29, 1.82) is 0 Å². The molecule has 1 aliphatic rings. The number of nitro groups is 1. The van der Waals surface area contributed by atoms with Crippen LogP contribution in [0.15, 0.2) is 24.3 Å². The van der Waals surface area contributed by atoms with Crippen LogP contribution in [0.5, 0.6) is 5.75 Å². The first-order chi connectivity index (χ1) is 10.7. The van der Waals surface area contributed by atoms with E-state index < -0.39 is 34.5 Å². The van der Waals surface area contributed by atoms with Crippen LogP contribution >= 0.6 is 0 Å². The first-order valence-electron chi connectivity index (χ1n) is 6.34. The van der Waals surface area contributed by atoms with E-state index in [1.807, 2.05) is 0 Å². The van der Waals surface area contributed by atoms with E-state index in [2.05, 4.69) is 0 Å². The van der Waals surface area contributed by atoms with Gasteiger partial charge in [-0.3, -0.25) is 19.7 Å². The van der Waals surface area contributed by atoms with Crippen LogP contribution in [0.25, 0.3) is 12.3 Å². The molecule has 13 heteroatoms. The second kappa shape index (κ2) is 9.80. The first-order valence-corrected chi connectivity index (χ1v) is 6.34. The maximum absolute atomic E-state index is 11.5. The molecule has 1 aromatic rings. The van der Waals surface area contributed by atoms with E-state index in [1.165, 1.54) is 12.1 Å². The van der Waals surface area contributed by atoms with Gasteiger partial charge in [0.25, 0.3) is 5.69 Å². The Kier molecular flexibility index (Phi) is 9.68. The Hall–Kier alpha value is -2.56. The topological polar surface area (TPSA) is 220 Å². The van der Waals surface area contributed by atoms with Crippen LogP contribution in [0.4, 0.5) is 10.5 Å². The monoisotopic (exact) mass is 552 g/mol. The zero-order chi connectivity index (χ0) is 17.2. The van der Waals surface area contributed by atoms with Crippen molar-refractivity contribution in [3.63, 3.8) is 0 Å². The van der Waals surface area contributed by atoms with E-state index in [0.29, 0.717) is 0 Å². The maximum atomic E-state index is 11.5. The Morgan fingerprint density at radius 2 is 1.54 bits per heavy atom. The predicted octanol–water partition coefficient (Wildman–Crippen LogP) is 2.86. The molecule has 26 heavy (non-hydrogen) atoms. The standard InChI is InChI=1S/C13H11NO9.2H2N.Pt/c15-10(16)13(11(17)18)5-9(6-13)23-12(19)22-8-3-1-7(2-4-8)14(20)21;;;/h1-4,9H,5-6H2,(H,15,16)(H,17,18);2*1H2;/q;2*-1;+2. The first kappa shape index (κ1) is 25.7. The number of nitro benzene ring substituents is 1. The number of non-ortho nitro benzene ring substituents is 1. The van der Waals surface area contributed by atoms with Crippen LogP contribution in [0.3, 0.4) is 0 Å². The Morgan fingerprint density at radius 1 is 1.08 bits per heavy atom. The van der Waals surface area contributed by atoms with Crippen molar-refractivity contribution in [1.82, 2.24) is 0 Å². The number of hydrogen-bond acceptors (Lipinski definition) is 7. The smallest absolute Gasteiger partial charge is 0.693 e. The molecule has 0 bridgehead atoms. The summed E-state index contributed by atoms with van der Waals surface area (Å²) < 4.78 is 9.57. The minimum absolute atomic E-state index is 0. The molecule has 146 valence electrons. The molecule has 0 amide bonds. The second-order valence-corrected chi connectivity index (χ2v) is 4.94. The van der Waals surface area contributed by atoms with Crippen molar-refractivity contribution >= 4 is 23.8 Å². The van der Waals surface area contributed by atoms with Crippen molar-refractivity contribution in [3.05, 3.63) is 46.7 Å². The van der Waals surface area contributed by atoms with Crippen molar-refractivity contribution in [2.75, 3.05) is 0 Å². The van der Waals surface area contributed by atoms with Gasteiger partial charge in [-0.05, 0) is 12.1 Å². The van der Waals surface area contributed by atoms with Gasteiger partial charge in [0.2, 0.25) is 0 Å². The second-order valence-electron chi connectivity index (χ2n) is 4.94. The minimum Gasteiger partial charge on any atom is -0.693 e. The Morgan fingerprint density at radius 3 is 1.92 bits per heavy atom. The number of benzene rings is 1. The van der Waals surface area contributed by atoms with E-state index in [0.717, 1.165) is 12.1 Å². The number of carbonyl (C=O) groups is 3. The summed E-state index contributed by atoms with van der Waals surface area (Å²) in [6.45, 7) is 0. The largest absolute Gasteiger partial charge is 2.00 e. The summed E-state index contributed by atoms with van der Waals surface area (Å²) in [5.41, 5.74) is -2.13. The SMILES string of the molecule is O=C(Oc1ccc([N+](=O)[O-])cc1)OC1CC(C(=O)O)(C(=O)O)C1.[NH2-].[NH2-].[Pt+2]. The van der Waals surface area contributed by atoms with Gasteiger partial charge < -0.3 is 32.0 Å². The maximum Gasteiger partial charge on any atom is 2.00 e. The number of hydrogen-bond donors (Lipinski definition) is 2. The predicted molar refractivity (Wildman–Crippen MR) is 81.5 cm³/mol. The van der Waals surface area contributed by atoms with Gasteiger partial charge in [-0.1, -0.05) is 0 Å². The molecule has 1 aromatic carbocycles. The Balaban J connectivity index is 0. The molecule has 2 rings (SSSR count). The molecule has 0 heterocycles. The van der Waals surface area contributed by atoms with E-state index in [-0.39, 0.29) is 57.6 Å². The molecule has 0 aromatic heterocycles. The fourth-order valence-electron chi connectivity index (χ4n) is 2.13. The average Bonchev–Trinajstić information content (AvgIpc) is 2.41. The normalized spacial score (nSPS) is 14.2. The van der Waals surface area contributed by atoms with Crippen LogP contribution in [0.1, 0.15) is 12.8 Å². The molecule has 0 unspecified atom stereocenters. The molecule has 0 atom stereocenters. The fourth-order valence-corrected chi connectivity index (χ4v) is 2.13. The van der Waals surface area contributed by atoms with Gasteiger partial charge in [-0.25, -0.2) is 4.79 Å². The quantitative estimate of drug-likeness (QED) is 0.180. The summed E-state index contributed by atoms with van der Waals surface area (Å²) in [5, 5.41) is 28.3.